The number of hydrogen-bond acceptors (Lipinski definition) is 5. The Kier molecular flexibility index (Phi) is 4.68. The predicted octanol–water partition coefficient (Wildman–Crippen LogP) is 1.92. The summed E-state index contributed by atoms with van der Waals surface area (Å²) in [6, 6.07) is 5.47. The SMILES string of the molecule is Cc1nc2n(c(=O)c1CCC(=O)NCc1ccccn1)N=C1C=CC=C(F)C12. The Balaban J connectivity index is 1.49. The zero-order valence-electron chi connectivity index (χ0n) is 15.2. The number of nitrogens with one attached hydrogen (secondary N) is 1. The van der Waals surface area contributed by atoms with Gasteiger partial charge in [0.15, 0.2) is 0 Å². The number of carbonyl (C=O) groups is 1. The van der Waals surface area contributed by atoms with Gasteiger partial charge in [-0.2, -0.15) is 9.78 Å². The molecule has 1 aliphatic carbocycles. The van der Waals surface area contributed by atoms with Crippen LogP contribution in [0.3, 0.4) is 0 Å². The molecular weight excluding hydrogens is 361 g/mol. The molecule has 8 heteroatoms. The summed E-state index contributed by atoms with van der Waals surface area (Å²) in [4.78, 5) is 33.5. The van der Waals surface area contributed by atoms with Gasteiger partial charge in [0.1, 0.15) is 17.6 Å². The molecule has 0 aromatic carbocycles. The van der Waals surface area contributed by atoms with Crippen molar-refractivity contribution < 1.29 is 9.18 Å². The molecule has 1 aliphatic heterocycles. The molecule has 0 fully saturated rings. The first-order valence-electron chi connectivity index (χ1n) is 8.96. The Morgan fingerprint density at radius 3 is 3.00 bits per heavy atom. The quantitative estimate of drug-likeness (QED) is 0.860. The zero-order chi connectivity index (χ0) is 19.7. The molecule has 1 unspecified atom stereocenters. The summed E-state index contributed by atoms with van der Waals surface area (Å²) in [5.41, 5.74) is 1.76. The number of carbonyl (C=O) groups excluding carboxylic acids is 1. The molecule has 2 aromatic heterocycles. The van der Waals surface area contributed by atoms with Gasteiger partial charge in [0.05, 0.1) is 18.0 Å². The number of amides is 1. The second-order valence-electron chi connectivity index (χ2n) is 6.62. The fraction of sp³-hybridized carbons (Fsp3) is 0.250. The van der Waals surface area contributed by atoms with E-state index in [1.165, 1.54) is 6.08 Å². The van der Waals surface area contributed by atoms with Gasteiger partial charge < -0.3 is 5.32 Å². The molecule has 3 heterocycles. The number of fused-ring (bicyclic) bond motifs is 3. The highest BCUT2D eigenvalue weighted by atomic mass is 19.1. The van der Waals surface area contributed by atoms with Crippen molar-refractivity contribution in [3.8, 4) is 0 Å². The van der Waals surface area contributed by atoms with Crippen LogP contribution >= 0.6 is 0 Å². The van der Waals surface area contributed by atoms with Crippen LogP contribution in [0.1, 0.15) is 35.1 Å². The Morgan fingerprint density at radius 2 is 2.21 bits per heavy atom. The molecule has 2 aliphatic rings. The molecular formula is C20H18FN5O2. The summed E-state index contributed by atoms with van der Waals surface area (Å²) in [5, 5.41) is 6.99. The summed E-state index contributed by atoms with van der Waals surface area (Å²) >= 11 is 0. The van der Waals surface area contributed by atoms with E-state index in [4.69, 9.17) is 0 Å². The van der Waals surface area contributed by atoms with Crippen molar-refractivity contribution in [1.82, 2.24) is 20.0 Å². The first-order valence-corrected chi connectivity index (χ1v) is 8.96. The van der Waals surface area contributed by atoms with Gasteiger partial charge in [-0.1, -0.05) is 12.1 Å². The highest BCUT2D eigenvalue weighted by molar-refractivity contribution is 6.04. The van der Waals surface area contributed by atoms with Crippen LogP contribution in [0.15, 0.2) is 58.3 Å². The molecule has 1 atom stereocenters. The van der Waals surface area contributed by atoms with E-state index in [9.17, 15) is 14.0 Å². The van der Waals surface area contributed by atoms with Crippen LogP contribution in [-0.4, -0.2) is 26.3 Å². The minimum atomic E-state index is -0.730. The van der Waals surface area contributed by atoms with Crippen molar-refractivity contribution >= 4 is 11.6 Å². The van der Waals surface area contributed by atoms with E-state index in [0.717, 1.165) is 10.4 Å². The molecule has 28 heavy (non-hydrogen) atoms. The predicted molar refractivity (Wildman–Crippen MR) is 102 cm³/mol. The highest BCUT2D eigenvalue weighted by Crippen LogP contribution is 2.33. The summed E-state index contributed by atoms with van der Waals surface area (Å²) < 4.78 is 15.3. The Labute approximate surface area is 160 Å². The van der Waals surface area contributed by atoms with Gasteiger partial charge in [0.25, 0.3) is 5.56 Å². The molecule has 0 saturated heterocycles. The van der Waals surface area contributed by atoms with E-state index in [-0.39, 0.29) is 36.0 Å². The Hall–Kier alpha value is -3.42. The van der Waals surface area contributed by atoms with Crippen LogP contribution in [0.5, 0.6) is 0 Å². The molecule has 0 saturated carbocycles. The van der Waals surface area contributed by atoms with Gasteiger partial charge >= 0.3 is 0 Å². The number of hydrogen-bond donors (Lipinski definition) is 1. The summed E-state index contributed by atoms with van der Waals surface area (Å²) in [7, 11) is 0. The molecule has 0 radical (unpaired) electrons. The van der Waals surface area contributed by atoms with Gasteiger partial charge in [-0.3, -0.25) is 14.6 Å². The molecule has 142 valence electrons. The largest absolute Gasteiger partial charge is 0.350 e. The van der Waals surface area contributed by atoms with E-state index in [0.29, 0.717) is 23.5 Å². The van der Waals surface area contributed by atoms with E-state index in [2.05, 4.69) is 20.4 Å². The lowest BCUT2D eigenvalue weighted by molar-refractivity contribution is -0.121. The number of halogens is 1. The van der Waals surface area contributed by atoms with Crippen LogP contribution in [0.25, 0.3) is 0 Å². The smallest absolute Gasteiger partial charge is 0.277 e. The van der Waals surface area contributed by atoms with Crippen molar-refractivity contribution in [2.24, 2.45) is 5.10 Å². The normalized spacial score (nSPS) is 16.9. The van der Waals surface area contributed by atoms with E-state index in [1.54, 1.807) is 31.3 Å². The third-order valence-electron chi connectivity index (χ3n) is 4.75. The lowest BCUT2D eigenvalue weighted by atomic mass is 9.97. The molecule has 4 rings (SSSR count). The molecule has 1 N–H and O–H groups in total. The van der Waals surface area contributed by atoms with Crippen LogP contribution in [0.2, 0.25) is 0 Å². The number of aromatic nitrogens is 3. The summed E-state index contributed by atoms with van der Waals surface area (Å²) in [6.45, 7) is 2.02. The third-order valence-corrected chi connectivity index (χ3v) is 4.75. The van der Waals surface area contributed by atoms with Crippen molar-refractivity contribution in [3.05, 3.63) is 81.6 Å². The van der Waals surface area contributed by atoms with Gasteiger partial charge in [-0.05, 0) is 37.6 Å². The van der Waals surface area contributed by atoms with Crippen molar-refractivity contribution in [3.63, 3.8) is 0 Å². The second-order valence-corrected chi connectivity index (χ2v) is 6.62. The maximum atomic E-state index is 14.2. The minimum Gasteiger partial charge on any atom is -0.350 e. The molecule has 7 nitrogen and oxygen atoms in total. The summed E-state index contributed by atoms with van der Waals surface area (Å²) in [5.74, 6) is -1.03. The average Bonchev–Trinajstić information content (AvgIpc) is 3.07. The number of nitrogens with zero attached hydrogens (tertiary/aromatic N) is 4. The molecule has 1 amide bonds. The van der Waals surface area contributed by atoms with Crippen molar-refractivity contribution in [2.45, 2.75) is 32.2 Å². The molecule has 0 bridgehead atoms. The number of pyridine rings is 1. The first kappa shape index (κ1) is 18.0. The van der Waals surface area contributed by atoms with E-state index < -0.39 is 5.92 Å². The average molecular weight is 379 g/mol. The fourth-order valence-corrected chi connectivity index (χ4v) is 3.30. The monoisotopic (exact) mass is 379 g/mol. The summed E-state index contributed by atoms with van der Waals surface area (Å²) in [6.07, 6.45) is 6.60. The van der Waals surface area contributed by atoms with Crippen LogP contribution in [0.4, 0.5) is 4.39 Å². The second kappa shape index (κ2) is 7.30. The van der Waals surface area contributed by atoms with E-state index in [1.807, 2.05) is 12.1 Å². The minimum absolute atomic E-state index is 0.137. The number of allylic oxidation sites excluding steroid dienone is 4. The molecule has 2 aromatic rings. The highest BCUT2D eigenvalue weighted by Gasteiger charge is 2.34. The van der Waals surface area contributed by atoms with Gasteiger partial charge in [0.2, 0.25) is 5.91 Å². The number of rotatable bonds is 5. The maximum Gasteiger partial charge on any atom is 0.277 e. The lowest BCUT2D eigenvalue weighted by Crippen LogP contribution is -2.28. The Morgan fingerprint density at radius 1 is 1.36 bits per heavy atom. The fourth-order valence-electron chi connectivity index (χ4n) is 3.30. The van der Waals surface area contributed by atoms with Crippen LogP contribution in [-0.2, 0) is 17.8 Å². The lowest BCUT2D eigenvalue weighted by Gasteiger charge is -2.13. The standard InChI is InChI=1S/C20H18FN5O2/c1-12-14(8-9-17(27)23-11-13-5-2-3-10-22-13)20(28)26-19(24-12)18-15(21)6-4-7-16(18)25-26/h2-7,10,18H,8-9,11H2,1H3,(H,23,27). The zero-order valence-corrected chi connectivity index (χ0v) is 15.2. The third kappa shape index (κ3) is 3.28. The van der Waals surface area contributed by atoms with Gasteiger partial charge in [-0.15, -0.1) is 0 Å². The topological polar surface area (TPSA) is 89.2 Å². The maximum absolute atomic E-state index is 14.2. The van der Waals surface area contributed by atoms with E-state index >= 15 is 0 Å². The first-order chi connectivity index (χ1) is 13.5. The van der Waals surface area contributed by atoms with Crippen LogP contribution in [0, 0.1) is 6.92 Å². The van der Waals surface area contributed by atoms with Gasteiger partial charge in [0, 0.05) is 23.9 Å². The Bertz CT molecular complexity index is 1090. The van der Waals surface area contributed by atoms with Crippen molar-refractivity contribution in [1.29, 1.82) is 0 Å². The van der Waals surface area contributed by atoms with Crippen molar-refractivity contribution in [2.75, 3.05) is 0 Å². The van der Waals surface area contributed by atoms with Crippen LogP contribution < -0.4 is 10.9 Å². The molecule has 0 spiro atoms. The van der Waals surface area contributed by atoms with Gasteiger partial charge in [-0.25, -0.2) is 9.37 Å². The number of aryl methyl sites for hydroxylation is 1.